The van der Waals surface area contributed by atoms with Crippen molar-refractivity contribution in [3.63, 3.8) is 0 Å². The first kappa shape index (κ1) is 19.2. The monoisotopic (exact) mass is 435 g/mol. The first-order valence-corrected chi connectivity index (χ1v) is 8.98. The molecule has 11 heteroatoms. The van der Waals surface area contributed by atoms with Crippen LogP contribution in [0.25, 0.3) is 0 Å². The molecule has 0 radical (unpaired) electrons. The van der Waals surface area contributed by atoms with E-state index in [0.717, 1.165) is 11.0 Å². The Hall–Kier alpha value is -3.17. The molecule has 9 nitrogen and oxygen atoms in total. The van der Waals surface area contributed by atoms with Crippen molar-refractivity contribution in [2.75, 3.05) is 12.0 Å². The molecule has 2 amide bonds. The van der Waals surface area contributed by atoms with Crippen LogP contribution in [0, 0.1) is 16.0 Å². The number of non-ortho nitro benzene ring substituents is 1. The van der Waals surface area contributed by atoms with Gasteiger partial charge in [-0.05, 0) is 18.2 Å². The lowest BCUT2D eigenvalue weighted by atomic mass is 9.94. The molecule has 0 unspecified atom stereocenters. The molecular weight excluding hydrogens is 425 g/mol. The second-order valence-corrected chi connectivity index (χ2v) is 7.07. The fourth-order valence-electron chi connectivity index (χ4n) is 3.30. The van der Waals surface area contributed by atoms with Gasteiger partial charge in [0.25, 0.3) is 11.6 Å². The van der Waals surface area contributed by atoms with Crippen molar-refractivity contribution in [1.29, 1.82) is 0 Å². The van der Waals surface area contributed by atoms with Gasteiger partial charge in [0.15, 0.2) is 0 Å². The van der Waals surface area contributed by atoms with E-state index in [4.69, 9.17) is 32.8 Å². The number of rotatable bonds is 4. The van der Waals surface area contributed by atoms with E-state index >= 15 is 0 Å². The van der Waals surface area contributed by atoms with Gasteiger partial charge in [0.05, 0.1) is 17.1 Å². The molecule has 0 spiro atoms. The summed E-state index contributed by atoms with van der Waals surface area (Å²) in [6.07, 6.45) is -1.20. The number of nitrogens with zero attached hydrogens (tertiary/aromatic N) is 3. The van der Waals surface area contributed by atoms with Crippen LogP contribution in [0.4, 0.5) is 11.4 Å². The molecule has 4 rings (SSSR count). The van der Waals surface area contributed by atoms with Gasteiger partial charge in [-0.3, -0.25) is 19.7 Å². The van der Waals surface area contributed by atoms with Crippen LogP contribution in [0.15, 0.2) is 41.6 Å². The number of carbonyl (C=O) groups is 2. The second kappa shape index (κ2) is 7.02. The number of methoxy groups -OCH3 is 1. The molecule has 148 valence electrons. The molecule has 2 aromatic carbocycles. The summed E-state index contributed by atoms with van der Waals surface area (Å²) in [5.74, 6) is -2.28. The molecule has 0 saturated carbocycles. The van der Waals surface area contributed by atoms with E-state index in [2.05, 4.69) is 5.16 Å². The molecule has 2 atom stereocenters. The summed E-state index contributed by atoms with van der Waals surface area (Å²) in [4.78, 5) is 42.6. The van der Waals surface area contributed by atoms with Crippen LogP contribution in [0.2, 0.25) is 10.0 Å². The number of imide groups is 1. The highest BCUT2D eigenvalue weighted by Gasteiger charge is 2.57. The lowest BCUT2D eigenvalue weighted by molar-refractivity contribution is -0.384. The summed E-state index contributed by atoms with van der Waals surface area (Å²) < 4.78 is 5.18. The number of anilines is 1. The number of hydrogen-bond acceptors (Lipinski definition) is 7. The van der Waals surface area contributed by atoms with E-state index in [1.165, 1.54) is 25.3 Å². The van der Waals surface area contributed by atoms with Crippen molar-refractivity contribution in [3.05, 3.63) is 62.1 Å². The highest BCUT2D eigenvalue weighted by atomic mass is 35.5. The van der Waals surface area contributed by atoms with Crippen molar-refractivity contribution in [2.24, 2.45) is 11.1 Å². The Morgan fingerprint density at radius 3 is 2.59 bits per heavy atom. The molecule has 29 heavy (non-hydrogen) atoms. The van der Waals surface area contributed by atoms with Crippen LogP contribution < -0.4 is 9.64 Å². The van der Waals surface area contributed by atoms with Crippen molar-refractivity contribution < 1.29 is 24.1 Å². The summed E-state index contributed by atoms with van der Waals surface area (Å²) in [5.41, 5.74) is 0.241. The average molecular weight is 436 g/mol. The van der Waals surface area contributed by atoms with Crippen molar-refractivity contribution in [3.8, 4) is 5.75 Å². The fourth-order valence-corrected chi connectivity index (χ4v) is 3.81. The number of nitro groups is 1. The molecule has 1 fully saturated rings. The molecule has 0 aliphatic carbocycles. The number of fused-ring (bicyclic) bond motifs is 1. The van der Waals surface area contributed by atoms with Gasteiger partial charge in [-0.15, -0.1) is 0 Å². The van der Waals surface area contributed by atoms with Crippen LogP contribution in [0.3, 0.4) is 0 Å². The first-order valence-electron chi connectivity index (χ1n) is 8.23. The number of oxime groups is 1. The van der Waals surface area contributed by atoms with E-state index in [1.54, 1.807) is 12.1 Å². The zero-order valence-electron chi connectivity index (χ0n) is 14.7. The second-order valence-electron chi connectivity index (χ2n) is 6.23. The number of hydrogen-bond donors (Lipinski definition) is 0. The quantitative estimate of drug-likeness (QED) is 0.414. The summed E-state index contributed by atoms with van der Waals surface area (Å²) in [5, 5.41) is 15.7. The Morgan fingerprint density at radius 1 is 1.17 bits per heavy atom. The van der Waals surface area contributed by atoms with Crippen molar-refractivity contribution in [1.82, 2.24) is 0 Å². The number of halogens is 2. The minimum absolute atomic E-state index is 0.0451. The Kier molecular flexibility index (Phi) is 4.64. The van der Waals surface area contributed by atoms with Gasteiger partial charge in [-0.25, -0.2) is 4.90 Å². The topological polar surface area (TPSA) is 111 Å². The number of benzene rings is 2. The SMILES string of the molecule is COc1ccc([N+](=O)[O-])cc1N1C(=O)[C@@H]2C(c3ccc(Cl)cc3Cl)=NO[C@H]2C1=O. The molecule has 2 aliphatic rings. The maximum Gasteiger partial charge on any atom is 0.279 e. The molecular formula is C18H11Cl2N3O6. The third kappa shape index (κ3) is 2.99. The summed E-state index contributed by atoms with van der Waals surface area (Å²) in [6, 6.07) is 8.25. The van der Waals surface area contributed by atoms with Gasteiger partial charge < -0.3 is 9.57 Å². The minimum Gasteiger partial charge on any atom is -0.495 e. The molecule has 0 bridgehead atoms. The standard InChI is InChI=1S/C18H11Cl2N3O6/c1-28-13-5-3-9(23(26)27)7-12(13)22-17(24)14-15(21-29-16(14)18(22)25)10-4-2-8(19)6-11(10)20/h2-7,14,16H,1H3/t14-,16-/m1/s1. The van der Waals surface area contributed by atoms with E-state index in [9.17, 15) is 19.7 Å². The molecule has 2 aromatic rings. The average Bonchev–Trinajstić information content (AvgIpc) is 3.21. The third-order valence-electron chi connectivity index (χ3n) is 4.63. The van der Waals surface area contributed by atoms with Gasteiger partial charge in [0, 0.05) is 22.7 Å². The Labute approximate surface area is 173 Å². The zero-order valence-corrected chi connectivity index (χ0v) is 16.2. The summed E-state index contributed by atoms with van der Waals surface area (Å²) in [7, 11) is 1.33. The smallest absolute Gasteiger partial charge is 0.279 e. The van der Waals surface area contributed by atoms with Crippen LogP contribution in [0.5, 0.6) is 5.75 Å². The maximum atomic E-state index is 13.2. The predicted molar refractivity (Wildman–Crippen MR) is 104 cm³/mol. The van der Waals surface area contributed by atoms with Gasteiger partial charge in [-0.1, -0.05) is 34.4 Å². The normalized spacial score (nSPS) is 20.4. The fraction of sp³-hybridized carbons (Fsp3) is 0.167. The van der Waals surface area contributed by atoms with Crippen LogP contribution in [-0.2, 0) is 14.4 Å². The van der Waals surface area contributed by atoms with E-state index < -0.39 is 28.8 Å². The predicted octanol–water partition coefficient (Wildman–Crippen LogP) is 3.20. The van der Waals surface area contributed by atoms with E-state index in [0.29, 0.717) is 10.6 Å². The van der Waals surface area contributed by atoms with Crippen LogP contribution in [0.1, 0.15) is 5.56 Å². The van der Waals surface area contributed by atoms with Gasteiger partial charge >= 0.3 is 0 Å². The molecule has 2 heterocycles. The van der Waals surface area contributed by atoms with Gasteiger partial charge in [0.2, 0.25) is 12.0 Å². The van der Waals surface area contributed by atoms with E-state index in [1.807, 2.05) is 0 Å². The van der Waals surface area contributed by atoms with Crippen LogP contribution in [-0.4, -0.2) is 35.7 Å². The van der Waals surface area contributed by atoms with Gasteiger partial charge in [0.1, 0.15) is 23.1 Å². The summed E-state index contributed by atoms with van der Waals surface area (Å²) in [6.45, 7) is 0. The molecule has 0 N–H and O–H groups in total. The van der Waals surface area contributed by atoms with Crippen molar-refractivity contribution >= 4 is 52.1 Å². The zero-order chi connectivity index (χ0) is 20.9. The third-order valence-corrected chi connectivity index (χ3v) is 5.18. The number of carbonyl (C=O) groups excluding carboxylic acids is 2. The van der Waals surface area contributed by atoms with Gasteiger partial charge in [-0.2, -0.15) is 0 Å². The number of ether oxygens (including phenoxy) is 1. The maximum absolute atomic E-state index is 13.2. The number of nitro benzene ring substituents is 1. The first-order chi connectivity index (χ1) is 13.8. The minimum atomic E-state index is -1.20. The highest BCUT2D eigenvalue weighted by Crippen LogP contribution is 2.41. The highest BCUT2D eigenvalue weighted by molar-refractivity contribution is 6.39. The van der Waals surface area contributed by atoms with E-state index in [-0.39, 0.29) is 27.9 Å². The number of amides is 2. The molecule has 0 aromatic heterocycles. The van der Waals surface area contributed by atoms with Crippen molar-refractivity contribution in [2.45, 2.75) is 6.10 Å². The lowest BCUT2D eigenvalue weighted by Gasteiger charge is -2.18. The Morgan fingerprint density at radius 2 is 1.93 bits per heavy atom. The Bertz CT molecular complexity index is 1100. The Balaban J connectivity index is 1.77. The lowest BCUT2D eigenvalue weighted by Crippen LogP contribution is -2.33. The summed E-state index contributed by atoms with van der Waals surface area (Å²) >= 11 is 12.1. The molecule has 1 saturated heterocycles. The molecule has 2 aliphatic heterocycles. The largest absolute Gasteiger partial charge is 0.495 e. The van der Waals surface area contributed by atoms with Crippen LogP contribution >= 0.6 is 23.2 Å².